The van der Waals surface area contributed by atoms with Gasteiger partial charge in [0.1, 0.15) is 0 Å². The number of methoxy groups -OCH3 is 1. The van der Waals surface area contributed by atoms with Crippen LogP contribution in [0.4, 0.5) is 4.79 Å². The molecule has 1 aromatic rings. The molecule has 1 saturated carbocycles. The lowest BCUT2D eigenvalue weighted by molar-refractivity contribution is -0.143. The van der Waals surface area contributed by atoms with Gasteiger partial charge in [0, 0.05) is 12.1 Å². The molecule has 1 aliphatic rings. The van der Waals surface area contributed by atoms with Crippen LogP contribution in [0.2, 0.25) is 0 Å². The minimum atomic E-state index is -0.724. The molecule has 156 valence electrons. The molecular formula is C21H26N2O6. The Morgan fingerprint density at radius 2 is 1.79 bits per heavy atom. The van der Waals surface area contributed by atoms with Gasteiger partial charge in [0.2, 0.25) is 0 Å². The monoisotopic (exact) mass is 402 g/mol. The smallest absolute Gasteiger partial charge is 0.337 e. The topological polar surface area (TPSA) is 111 Å². The maximum Gasteiger partial charge on any atom is 0.337 e. The summed E-state index contributed by atoms with van der Waals surface area (Å²) in [5.41, 5.74) is 1.06. The number of nitrogens with one attached hydrogen (secondary N) is 2. The second kappa shape index (κ2) is 11.0. The molecule has 2 N–H and O–H groups in total. The second-order valence-corrected chi connectivity index (χ2v) is 6.94. The molecule has 1 aromatic carbocycles. The first-order valence-corrected chi connectivity index (χ1v) is 9.52. The summed E-state index contributed by atoms with van der Waals surface area (Å²) >= 11 is 0. The van der Waals surface area contributed by atoms with Gasteiger partial charge in [-0.3, -0.25) is 10.1 Å². The molecule has 0 aliphatic heterocycles. The van der Waals surface area contributed by atoms with E-state index < -0.39 is 30.5 Å². The fraction of sp³-hybridized carbons (Fsp3) is 0.429. The highest BCUT2D eigenvalue weighted by Crippen LogP contribution is 2.23. The van der Waals surface area contributed by atoms with Crippen LogP contribution < -0.4 is 10.6 Å². The second-order valence-electron chi connectivity index (χ2n) is 6.94. The van der Waals surface area contributed by atoms with Crippen LogP contribution in [0.5, 0.6) is 0 Å². The third kappa shape index (κ3) is 7.40. The summed E-state index contributed by atoms with van der Waals surface area (Å²) < 4.78 is 9.43. The molecule has 0 bridgehead atoms. The van der Waals surface area contributed by atoms with Crippen LogP contribution in [0.25, 0.3) is 6.08 Å². The van der Waals surface area contributed by atoms with Gasteiger partial charge in [-0.25, -0.2) is 14.4 Å². The number of hydrogen-bond donors (Lipinski definition) is 2. The van der Waals surface area contributed by atoms with E-state index in [4.69, 9.17) is 4.74 Å². The fourth-order valence-electron chi connectivity index (χ4n) is 3.10. The van der Waals surface area contributed by atoms with Crippen molar-refractivity contribution in [3.05, 3.63) is 41.5 Å². The van der Waals surface area contributed by atoms with Crippen LogP contribution in [-0.4, -0.2) is 43.6 Å². The molecule has 8 nitrogen and oxygen atoms in total. The number of carbonyl (C=O) groups is 4. The maximum absolute atomic E-state index is 11.9. The van der Waals surface area contributed by atoms with Crippen molar-refractivity contribution in [1.29, 1.82) is 0 Å². The highest BCUT2D eigenvalue weighted by molar-refractivity contribution is 5.96. The van der Waals surface area contributed by atoms with Gasteiger partial charge in [-0.1, -0.05) is 31.9 Å². The average molecular weight is 402 g/mol. The number of urea groups is 1. The number of ether oxygens (including phenoxy) is 2. The lowest BCUT2D eigenvalue weighted by Gasteiger charge is -2.29. The van der Waals surface area contributed by atoms with E-state index in [1.165, 1.54) is 13.2 Å². The first-order chi connectivity index (χ1) is 13.9. The molecule has 0 radical (unpaired) electrons. The Bertz CT molecular complexity index is 772. The van der Waals surface area contributed by atoms with Gasteiger partial charge >= 0.3 is 18.0 Å². The first kappa shape index (κ1) is 22.1. The van der Waals surface area contributed by atoms with Crippen molar-refractivity contribution in [2.24, 2.45) is 5.92 Å². The number of amides is 3. The highest BCUT2D eigenvalue weighted by Gasteiger charge is 2.23. The van der Waals surface area contributed by atoms with Crippen LogP contribution >= 0.6 is 0 Å². The standard InChI is InChI=1S/C21H26N2O6/c1-14-5-3-4-6-17(14)22-21(27)23-18(24)13-29-19(25)12-9-15-7-10-16(11-8-15)20(26)28-2/h7-12,14,17H,3-6,13H2,1-2H3,(H2,22,23,24,27)/b12-9+/t14-,17-/m1/s1. The lowest BCUT2D eigenvalue weighted by atomic mass is 9.86. The summed E-state index contributed by atoms with van der Waals surface area (Å²) in [4.78, 5) is 46.7. The molecule has 2 rings (SSSR count). The Morgan fingerprint density at radius 1 is 1.10 bits per heavy atom. The predicted octanol–water partition coefficient (Wildman–Crippen LogP) is 2.43. The first-order valence-electron chi connectivity index (χ1n) is 9.52. The van der Waals surface area contributed by atoms with Gasteiger partial charge < -0.3 is 14.8 Å². The van der Waals surface area contributed by atoms with Gasteiger partial charge in [0.05, 0.1) is 12.7 Å². The predicted molar refractivity (Wildman–Crippen MR) is 106 cm³/mol. The summed E-state index contributed by atoms with van der Waals surface area (Å²) in [6, 6.07) is 5.88. The summed E-state index contributed by atoms with van der Waals surface area (Å²) in [7, 11) is 1.29. The Balaban J connectivity index is 1.72. The van der Waals surface area contributed by atoms with Gasteiger partial charge in [-0.2, -0.15) is 0 Å². The molecule has 8 heteroatoms. The summed E-state index contributed by atoms with van der Waals surface area (Å²) in [6.07, 6.45) is 6.79. The van der Waals surface area contributed by atoms with Crippen LogP contribution in [0.1, 0.15) is 48.5 Å². The van der Waals surface area contributed by atoms with Gasteiger partial charge in [0.15, 0.2) is 6.61 Å². The van der Waals surface area contributed by atoms with E-state index >= 15 is 0 Å². The zero-order valence-electron chi connectivity index (χ0n) is 16.6. The molecule has 0 spiro atoms. The fourth-order valence-corrected chi connectivity index (χ4v) is 3.10. The van der Waals surface area contributed by atoms with E-state index in [1.54, 1.807) is 24.3 Å². The largest absolute Gasteiger partial charge is 0.465 e. The van der Waals surface area contributed by atoms with Gasteiger partial charge in [0.25, 0.3) is 5.91 Å². The van der Waals surface area contributed by atoms with Crippen molar-refractivity contribution in [1.82, 2.24) is 10.6 Å². The van der Waals surface area contributed by atoms with Crippen LogP contribution in [0.3, 0.4) is 0 Å². The number of rotatable bonds is 6. The number of imide groups is 1. The summed E-state index contributed by atoms with van der Waals surface area (Å²) in [5.74, 6) is -1.50. The summed E-state index contributed by atoms with van der Waals surface area (Å²) in [6.45, 7) is 1.52. The number of esters is 2. The van der Waals surface area contributed by atoms with Crippen molar-refractivity contribution < 1.29 is 28.7 Å². The molecule has 2 atom stereocenters. The maximum atomic E-state index is 11.9. The third-order valence-electron chi connectivity index (χ3n) is 4.77. The van der Waals surface area contributed by atoms with E-state index in [0.717, 1.165) is 31.8 Å². The number of hydrogen-bond acceptors (Lipinski definition) is 6. The molecule has 1 fully saturated rings. The Morgan fingerprint density at radius 3 is 2.45 bits per heavy atom. The van der Waals surface area contributed by atoms with Crippen molar-refractivity contribution in [3.63, 3.8) is 0 Å². The minimum Gasteiger partial charge on any atom is -0.465 e. The molecule has 0 aromatic heterocycles. The van der Waals surface area contributed by atoms with Crippen molar-refractivity contribution in [2.75, 3.05) is 13.7 Å². The van der Waals surface area contributed by atoms with E-state index in [2.05, 4.69) is 22.3 Å². The summed E-state index contributed by atoms with van der Waals surface area (Å²) in [5, 5.41) is 4.96. The number of benzene rings is 1. The highest BCUT2D eigenvalue weighted by atomic mass is 16.5. The van der Waals surface area contributed by atoms with Gasteiger partial charge in [-0.15, -0.1) is 0 Å². The van der Waals surface area contributed by atoms with Crippen molar-refractivity contribution in [3.8, 4) is 0 Å². The van der Waals surface area contributed by atoms with E-state index in [0.29, 0.717) is 17.0 Å². The van der Waals surface area contributed by atoms with E-state index in [9.17, 15) is 19.2 Å². The van der Waals surface area contributed by atoms with E-state index in [-0.39, 0.29) is 6.04 Å². The molecule has 3 amide bonds. The SMILES string of the molecule is COC(=O)c1ccc(/C=C/C(=O)OCC(=O)NC(=O)N[C@@H]2CCCC[C@H]2C)cc1. The molecule has 0 saturated heterocycles. The Hall–Kier alpha value is -3.16. The zero-order valence-corrected chi connectivity index (χ0v) is 16.6. The van der Waals surface area contributed by atoms with E-state index in [1.807, 2.05) is 0 Å². The van der Waals surface area contributed by atoms with Crippen LogP contribution in [-0.2, 0) is 19.1 Å². The normalized spacial score (nSPS) is 18.7. The molecule has 0 heterocycles. The Kier molecular flexibility index (Phi) is 8.39. The van der Waals surface area contributed by atoms with Crippen LogP contribution in [0, 0.1) is 5.92 Å². The Labute approximate surface area is 169 Å². The minimum absolute atomic E-state index is 0.0487. The van der Waals surface area contributed by atoms with Crippen molar-refractivity contribution >= 4 is 30.0 Å². The van der Waals surface area contributed by atoms with Gasteiger partial charge in [-0.05, 0) is 42.5 Å². The third-order valence-corrected chi connectivity index (χ3v) is 4.77. The molecular weight excluding hydrogens is 376 g/mol. The molecule has 0 unspecified atom stereocenters. The number of carbonyl (C=O) groups excluding carboxylic acids is 4. The van der Waals surface area contributed by atoms with Crippen molar-refractivity contribution in [2.45, 2.75) is 38.6 Å². The van der Waals surface area contributed by atoms with Crippen LogP contribution in [0.15, 0.2) is 30.3 Å². The average Bonchev–Trinajstić information content (AvgIpc) is 2.72. The zero-order chi connectivity index (χ0) is 21.2. The quantitative estimate of drug-likeness (QED) is 0.558. The lowest BCUT2D eigenvalue weighted by Crippen LogP contribution is -2.48. The molecule has 29 heavy (non-hydrogen) atoms. The molecule has 1 aliphatic carbocycles.